The third-order valence-electron chi connectivity index (χ3n) is 1.96. The lowest BCUT2D eigenvalue weighted by molar-refractivity contribution is -0.140. The average Bonchev–Trinajstić information content (AvgIpc) is 2.81. The molecule has 1 aromatic heterocycles. The van der Waals surface area contributed by atoms with Crippen molar-refractivity contribution >= 4 is 41.3 Å². The van der Waals surface area contributed by atoms with Crippen LogP contribution in [0.1, 0.15) is 17.6 Å². The Morgan fingerprint density at radius 1 is 1.45 bits per heavy atom. The van der Waals surface area contributed by atoms with E-state index in [2.05, 4.69) is 20.6 Å². The SMILES string of the molecule is CCNC(=NCc1nc(C(F)(F)F)cs1)NCCO.I. The molecule has 0 amide bonds. The zero-order valence-electron chi connectivity index (χ0n) is 10.7. The molecule has 0 radical (unpaired) electrons. The van der Waals surface area contributed by atoms with Crippen molar-refractivity contribution in [1.29, 1.82) is 0 Å². The molecule has 0 bridgehead atoms. The van der Waals surface area contributed by atoms with Crippen LogP contribution >= 0.6 is 35.3 Å². The summed E-state index contributed by atoms with van der Waals surface area (Å²) in [6.45, 7) is 2.79. The molecule has 0 spiro atoms. The van der Waals surface area contributed by atoms with Crippen LogP contribution in [0.2, 0.25) is 0 Å². The molecule has 20 heavy (non-hydrogen) atoms. The fourth-order valence-corrected chi connectivity index (χ4v) is 1.90. The van der Waals surface area contributed by atoms with Crippen molar-refractivity contribution in [3.63, 3.8) is 0 Å². The maximum Gasteiger partial charge on any atom is 0.434 e. The lowest BCUT2D eigenvalue weighted by Crippen LogP contribution is -2.38. The van der Waals surface area contributed by atoms with Crippen LogP contribution in [0.5, 0.6) is 0 Å². The Kier molecular flexibility index (Phi) is 9.05. The summed E-state index contributed by atoms with van der Waals surface area (Å²) in [5.74, 6) is 0.431. The van der Waals surface area contributed by atoms with Crippen molar-refractivity contribution < 1.29 is 18.3 Å². The van der Waals surface area contributed by atoms with Crippen molar-refractivity contribution in [2.45, 2.75) is 19.6 Å². The molecule has 0 saturated heterocycles. The van der Waals surface area contributed by atoms with Gasteiger partial charge in [-0.2, -0.15) is 13.2 Å². The number of nitrogens with one attached hydrogen (secondary N) is 2. The van der Waals surface area contributed by atoms with Gasteiger partial charge in [0.05, 0.1) is 13.2 Å². The Morgan fingerprint density at radius 3 is 2.65 bits per heavy atom. The van der Waals surface area contributed by atoms with Crippen LogP contribution in [-0.2, 0) is 12.7 Å². The topological polar surface area (TPSA) is 69.5 Å². The van der Waals surface area contributed by atoms with Gasteiger partial charge in [-0.15, -0.1) is 35.3 Å². The number of alkyl halides is 3. The van der Waals surface area contributed by atoms with E-state index < -0.39 is 11.9 Å². The molecule has 0 saturated carbocycles. The molecule has 1 rings (SSSR count). The van der Waals surface area contributed by atoms with Crippen LogP contribution < -0.4 is 10.6 Å². The second kappa shape index (κ2) is 9.34. The van der Waals surface area contributed by atoms with Gasteiger partial charge in [0, 0.05) is 18.5 Å². The second-order valence-electron chi connectivity index (χ2n) is 3.47. The average molecular weight is 424 g/mol. The highest BCUT2D eigenvalue weighted by Crippen LogP contribution is 2.30. The molecule has 0 unspecified atom stereocenters. The molecular weight excluding hydrogens is 408 g/mol. The van der Waals surface area contributed by atoms with Gasteiger partial charge < -0.3 is 15.7 Å². The van der Waals surface area contributed by atoms with Gasteiger partial charge in [0.2, 0.25) is 0 Å². The number of nitrogens with zero attached hydrogens (tertiary/aromatic N) is 2. The van der Waals surface area contributed by atoms with E-state index >= 15 is 0 Å². The largest absolute Gasteiger partial charge is 0.434 e. The first-order chi connectivity index (χ1) is 8.97. The third-order valence-corrected chi connectivity index (χ3v) is 2.80. The van der Waals surface area contributed by atoms with E-state index in [1.807, 2.05) is 6.92 Å². The van der Waals surface area contributed by atoms with E-state index in [4.69, 9.17) is 5.11 Å². The Morgan fingerprint density at radius 2 is 2.15 bits per heavy atom. The monoisotopic (exact) mass is 424 g/mol. The Bertz CT molecular complexity index is 425. The summed E-state index contributed by atoms with van der Waals surface area (Å²) in [6.07, 6.45) is -4.42. The minimum Gasteiger partial charge on any atom is -0.395 e. The quantitative estimate of drug-likeness (QED) is 0.384. The summed E-state index contributed by atoms with van der Waals surface area (Å²) >= 11 is 0.917. The van der Waals surface area contributed by atoms with Crippen molar-refractivity contribution in [3.05, 3.63) is 16.1 Å². The summed E-state index contributed by atoms with van der Waals surface area (Å²) in [7, 11) is 0. The molecule has 0 aliphatic carbocycles. The van der Waals surface area contributed by atoms with Crippen LogP contribution in [0.3, 0.4) is 0 Å². The van der Waals surface area contributed by atoms with Crippen LogP contribution in [0, 0.1) is 0 Å². The van der Waals surface area contributed by atoms with Crippen molar-refractivity contribution in [3.8, 4) is 0 Å². The standard InChI is InChI=1S/C10H15F3N4OS.HI/c1-2-14-9(15-3-4-18)16-5-8-17-7(6-19-8)10(11,12)13;/h6,18H,2-5H2,1H3,(H2,14,15,16);1H. The molecule has 0 fully saturated rings. The molecule has 5 nitrogen and oxygen atoms in total. The lowest BCUT2D eigenvalue weighted by Gasteiger charge is -2.09. The number of hydrogen-bond acceptors (Lipinski definition) is 4. The number of hydrogen-bond donors (Lipinski definition) is 3. The van der Waals surface area contributed by atoms with Crippen LogP contribution in [0.25, 0.3) is 0 Å². The summed E-state index contributed by atoms with van der Waals surface area (Å²) in [6, 6.07) is 0. The summed E-state index contributed by atoms with van der Waals surface area (Å²) in [5, 5.41) is 15.7. The van der Waals surface area contributed by atoms with Crippen LogP contribution in [0.15, 0.2) is 10.4 Å². The van der Waals surface area contributed by atoms with Gasteiger partial charge in [-0.05, 0) is 6.92 Å². The maximum absolute atomic E-state index is 12.3. The smallest absolute Gasteiger partial charge is 0.395 e. The normalized spacial score (nSPS) is 11.9. The highest BCUT2D eigenvalue weighted by Gasteiger charge is 2.33. The second-order valence-corrected chi connectivity index (χ2v) is 4.41. The molecule has 10 heteroatoms. The van der Waals surface area contributed by atoms with E-state index in [0.717, 1.165) is 16.7 Å². The van der Waals surface area contributed by atoms with E-state index in [1.165, 1.54) is 0 Å². The summed E-state index contributed by atoms with van der Waals surface area (Å²) in [5.41, 5.74) is -0.893. The van der Waals surface area contributed by atoms with Gasteiger partial charge in [0.1, 0.15) is 5.01 Å². The number of rotatable bonds is 5. The zero-order chi connectivity index (χ0) is 14.3. The Labute approximate surface area is 135 Å². The molecular formula is C10H16F3IN4OS. The molecule has 0 aliphatic rings. The first-order valence-corrected chi connectivity index (χ1v) is 6.50. The lowest BCUT2D eigenvalue weighted by atomic mass is 10.5. The molecule has 0 atom stereocenters. The number of aliphatic hydroxyl groups excluding tert-OH is 1. The van der Waals surface area contributed by atoms with Crippen molar-refractivity contribution in [2.24, 2.45) is 4.99 Å². The minimum absolute atomic E-state index is 0. The van der Waals surface area contributed by atoms with Crippen molar-refractivity contribution in [2.75, 3.05) is 19.7 Å². The Hall–Kier alpha value is -0.620. The zero-order valence-corrected chi connectivity index (χ0v) is 13.8. The number of halogens is 4. The molecule has 0 aromatic carbocycles. The van der Waals surface area contributed by atoms with Gasteiger partial charge in [-0.1, -0.05) is 0 Å². The maximum atomic E-state index is 12.3. The van der Waals surface area contributed by atoms with E-state index in [-0.39, 0.29) is 42.1 Å². The molecule has 1 heterocycles. The summed E-state index contributed by atoms with van der Waals surface area (Å²) in [4.78, 5) is 7.56. The van der Waals surface area contributed by atoms with Crippen LogP contribution in [-0.4, -0.2) is 35.7 Å². The van der Waals surface area contributed by atoms with Gasteiger partial charge in [-0.25, -0.2) is 9.98 Å². The predicted octanol–water partition coefficient (Wildman–Crippen LogP) is 1.83. The Balaban J connectivity index is 0.00000361. The van der Waals surface area contributed by atoms with E-state index in [9.17, 15) is 13.2 Å². The molecule has 0 aliphatic heterocycles. The van der Waals surface area contributed by atoms with Gasteiger partial charge in [-0.3, -0.25) is 0 Å². The molecule has 3 N–H and O–H groups in total. The number of guanidine groups is 1. The van der Waals surface area contributed by atoms with Gasteiger partial charge >= 0.3 is 6.18 Å². The first kappa shape index (κ1) is 19.4. The number of aliphatic imine (C=N–C) groups is 1. The molecule has 1 aromatic rings. The number of thiazole rings is 1. The minimum atomic E-state index is -4.42. The number of aliphatic hydroxyl groups is 1. The fourth-order valence-electron chi connectivity index (χ4n) is 1.18. The first-order valence-electron chi connectivity index (χ1n) is 5.62. The highest BCUT2D eigenvalue weighted by atomic mass is 127. The predicted molar refractivity (Wildman–Crippen MR) is 82.4 cm³/mol. The fraction of sp³-hybridized carbons (Fsp3) is 0.600. The van der Waals surface area contributed by atoms with Gasteiger partial charge in [0.15, 0.2) is 11.7 Å². The molecule has 116 valence electrons. The number of aromatic nitrogens is 1. The third kappa shape index (κ3) is 6.70. The van der Waals surface area contributed by atoms with E-state index in [0.29, 0.717) is 19.0 Å². The van der Waals surface area contributed by atoms with Crippen molar-refractivity contribution in [1.82, 2.24) is 15.6 Å². The van der Waals surface area contributed by atoms with E-state index in [1.54, 1.807) is 0 Å². The van der Waals surface area contributed by atoms with Gasteiger partial charge in [0.25, 0.3) is 0 Å². The van der Waals surface area contributed by atoms with Crippen LogP contribution in [0.4, 0.5) is 13.2 Å². The highest BCUT2D eigenvalue weighted by molar-refractivity contribution is 14.0. The summed E-state index contributed by atoms with van der Waals surface area (Å²) < 4.78 is 37.0.